The van der Waals surface area contributed by atoms with E-state index in [-0.39, 0.29) is 5.82 Å². The number of anilines is 1. The number of benzene rings is 1. The van der Waals surface area contributed by atoms with Crippen molar-refractivity contribution in [1.82, 2.24) is 19.7 Å². The average Bonchev–Trinajstić information content (AvgIpc) is 2.93. The summed E-state index contributed by atoms with van der Waals surface area (Å²) < 4.78 is 15.8. The highest BCUT2D eigenvalue weighted by Crippen LogP contribution is 2.28. The molecular formula is C18H22FN5. The van der Waals surface area contributed by atoms with E-state index in [1.54, 1.807) is 22.9 Å². The summed E-state index contributed by atoms with van der Waals surface area (Å²) in [5.41, 5.74) is 1.84. The van der Waals surface area contributed by atoms with Crippen LogP contribution in [0.1, 0.15) is 32.4 Å². The number of nitrogens with zero attached hydrogens (tertiary/aromatic N) is 5. The first kappa shape index (κ1) is 16.4. The van der Waals surface area contributed by atoms with E-state index in [9.17, 15) is 4.39 Å². The summed E-state index contributed by atoms with van der Waals surface area (Å²) in [7, 11) is 0. The maximum absolute atomic E-state index is 14.2. The fraction of sp³-hybridized carbons (Fsp3) is 0.389. The van der Waals surface area contributed by atoms with Crippen LogP contribution in [0.25, 0.3) is 16.7 Å². The van der Waals surface area contributed by atoms with Gasteiger partial charge in [0.2, 0.25) is 0 Å². The molecule has 5 nitrogen and oxygen atoms in total. The molecule has 6 heteroatoms. The predicted octanol–water partition coefficient (Wildman–Crippen LogP) is 3.89. The lowest BCUT2D eigenvalue weighted by atomic mass is 10.2. The Labute approximate surface area is 141 Å². The van der Waals surface area contributed by atoms with Crippen molar-refractivity contribution in [3.63, 3.8) is 0 Å². The highest BCUT2D eigenvalue weighted by Gasteiger charge is 2.19. The van der Waals surface area contributed by atoms with Gasteiger partial charge in [-0.1, -0.05) is 25.5 Å². The first-order valence-corrected chi connectivity index (χ1v) is 8.37. The molecule has 0 spiro atoms. The molecule has 0 aliphatic carbocycles. The minimum Gasteiger partial charge on any atom is -0.356 e. The van der Waals surface area contributed by atoms with Crippen molar-refractivity contribution in [2.75, 3.05) is 18.0 Å². The Morgan fingerprint density at radius 1 is 1.17 bits per heavy atom. The van der Waals surface area contributed by atoms with Crippen molar-refractivity contribution in [3.05, 3.63) is 42.1 Å². The minimum absolute atomic E-state index is 0.319. The van der Waals surface area contributed by atoms with Gasteiger partial charge in [0.25, 0.3) is 0 Å². The molecule has 0 saturated heterocycles. The van der Waals surface area contributed by atoms with Crippen LogP contribution in [-0.2, 0) is 0 Å². The molecule has 2 aromatic heterocycles. The number of hydrogen-bond donors (Lipinski definition) is 0. The van der Waals surface area contributed by atoms with Crippen LogP contribution in [0.15, 0.2) is 30.6 Å². The third-order valence-electron chi connectivity index (χ3n) is 4.16. The van der Waals surface area contributed by atoms with Gasteiger partial charge < -0.3 is 4.90 Å². The van der Waals surface area contributed by atoms with Gasteiger partial charge in [-0.15, -0.1) is 0 Å². The summed E-state index contributed by atoms with van der Waals surface area (Å²) in [6.07, 6.45) is 3.75. The summed E-state index contributed by atoms with van der Waals surface area (Å²) in [5, 5.41) is 5.41. The number of hydrogen-bond acceptors (Lipinski definition) is 4. The van der Waals surface area contributed by atoms with E-state index in [0.717, 1.165) is 42.8 Å². The summed E-state index contributed by atoms with van der Waals surface area (Å²) in [6, 6.07) is 6.60. The molecule has 0 N–H and O–H groups in total. The molecule has 0 aliphatic rings. The highest BCUT2D eigenvalue weighted by molar-refractivity contribution is 5.90. The highest BCUT2D eigenvalue weighted by atomic mass is 19.1. The molecule has 2 heterocycles. The van der Waals surface area contributed by atoms with Gasteiger partial charge in [-0.25, -0.2) is 19.0 Å². The van der Waals surface area contributed by atoms with E-state index in [1.165, 1.54) is 12.4 Å². The Morgan fingerprint density at radius 2 is 1.96 bits per heavy atom. The predicted molar refractivity (Wildman–Crippen MR) is 94.2 cm³/mol. The van der Waals surface area contributed by atoms with Gasteiger partial charge in [-0.3, -0.25) is 0 Å². The maximum atomic E-state index is 14.2. The second-order valence-corrected chi connectivity index (χ2v) is 5.78. The lowest BCUT2D eigenvalue weighted by Gasteiger charge is -2.22. The SMILES string of the molecule is CCCCN(CC)c1ncnc2c1c(C)nn2-c1ccccc1F. The Morgan fingerprint density at radius 3 is 2.67 bits per heavy atom. The van der Waals surface area contributed by atoms with Crippen molar-refractivity contribution in [2.24, 2.45) is 0 Å². The van der Waals surface area contributed by atoms with Gasteiger partial charge in [0.1, 0.15) is 23.6 Å². The summed E-state index contributed by atoms with van der Waals surface area (Å²) >= 11 is 0. The standard InChI is InChI=1S/C18H22FN5/c1-4-6-11-23(5-2)17-16-13(3)22-24(18(16)21-12-20-17)15-10-8-7-9-14(15)19/h7-10,12H,4-6,11H2,1-3H3. The second-order valence-electron chi connectivity index (χ2n) is 5.78. The van der Waals surface area contributed by atoms with E-state index in [1.807, 2.05) is 6.92 Å². The number of rotatable bonds is 6. The molecule has 0 amide bonds. The number of aryl methyl sites for hydroxylation is 1. The van der Waals surface area contributed by atoms with Crippen LogP contribution < -0.4 is 4.90 Å². The zero-order valence-corrected chi connectivity index (χ0v) is 14.3. The number of para-hydroxylation sites is 1. The van der Waals surface area contributed by atoms with Crippen LogP contribution in [0.2, 0.25) is 0 Å². The number of fused-ring (bicyclic) bond motifs is 1. The second kappa shape index (κ2) is 6.95. The molecular weight excluding hydrogens is 305 g/mol. The van der Waals surface area contributed by atoms with Crippen molar-refractivity contribution < 1.29 is 4.39 Å². The zero-order valence-electron chi connectivity index (χ0n) is 14.3. The van der Waals surface area contributed by atoms with E-state index in [2.05, 4.69) is 33.8 Å². The van der Waals surface area contributed by atoms with Gasteiger partial charge in [0.05, 0.1) is 11.1 Å². The minimum atomic E-state index is -0.319. The fourth-order valence-electron chi connectivity index (χ4n) is 2.89. The number of aromatic nitrogens is 4. The third-order valence-corrected chi connectivity index (χ3v) is 4.16. The molecule has 0 fully saturated rings. The third kappa shape index (κ3) is 2.84. The van der Waals surface area contributed by atoms with Crippen LogP contribution in [0.3, 0.4) is 0 Å². The van der Waals surface area contributed by atoms with E-state index in [0.29, 0.717) is 11.3 Å². The molecule has 126 valence electrons. The van der Waals surface area contributed by atoms with Crippen molar-refractivity contribution >= 4 is 16.9 Å². The van der Waals surface area contributed by atoms with Gasteiger partial charge in [-0.2, -0.15) is 5.10 Å². The number of halogens is 1. The Balaban J connectivity index is 2.17. The van der Waals surface area contributed by atoms with Crippen molar-refractivity contribution in [2.45, 2.75) is 33.6 Å². The first-order chi connectivity index (χ1) is 11.7. The largest absolute Gasteiger partial charge is 0.356 e. The summed E-state index contributed by atoms with van der Waals surface area (Å²) in [6.45, 7) is 7.99. The van der Waals surface area contributed by atoms with Crippen LogP contribution in [0.4, 0.5) is 10.2 Å². The lowest BCUT2D eigenvalue weighted by Crippen LogP contribution is -2.25. The van der Waals surface area contributed by atoms with Crippen LogP contribution in [0.5, 0.6) is 0 Å². The molecule has 3 aromatic rings. The fourth-order valence-corrected chi connectivity index (χ4v) is 2.89. The molecule has 3 rings (SSSR count). The van der Waals surface area contributed by atoms with Crippen LogP contribution in [0, 0.1) is 12.7 Å². The van der Waals surface area contributed by atoms with E-state index < -0.39 is 0 Å². The monoisotopic (exact) mass is 327 g/mol. The molecule has 0 unspecified atom stereocenters. The van der Waals surface area contributed by atoms with Crippen molar-refractivity contribution in [1.29, 1.82) is 0 Å². The topological polar surface area (TPSA) is 46.8 Å². The van der Waals surface area contributed by atoms with Crippen LogP contribution in [-0.4, -0.2) is 32.8 Å². The molecule has 0 atom stereocenters. The lowest BCUT2D eigenvalue weighted by molar-refractivity contribution is 0.612. The molecule has 0 bridgehead atoms. The zero-order chi connectivity index (χ0) is 17.1. The maximum Gasteiger partial charge on any atom is 0.168 e. The molecule has 0 aliphatic heterocycles. The quantitative estimate of drug-likeness (QED) is 0.689. The first-order valence-electron chi connectivity index (χ1n) is 8.37. The normalized spacial score (nSPS) is 11.2. The molecule has 0 saturated carbocycles. The van der Waals surface area contributed by atoms with Crippen molar-refractivity contribution in [3.8, 4) is 5.69 Å². The van der Waals surface area contributed by atoms with E-state index >= 15 is 0 Å². The van der Waals surface area contributed by atoms with Gasteiger partial charge in [0.15, 0.2) is 5.65 Å². The molecule has 1 aromatic carbocycles. The Kier molecular flexibility index (Phi) is 4.74. The summed E-state index contributed by atoms with van der Waals surface area (Å²) in [5.74, 6) is 0.552. The summed E-state index contributed by atoms with van der Waals surface area (Å²) in [4.78, 5) is 11.1. The van der Waals surface area contributed by atoms with Gasteiger partial charge in [-0.05, 0) is 32.4 Å². The smallest absolute Gasteiger partial charge is 0.168 e. The number of unbranched alkanes of at least 4 members (excludes halogenated alkanes) is 1. The average molecular weight is 327 g/mol. The molecule has 24 heavy (non-hydrogen) atoms. The van der Waals surface area contributed by atoms with Gasteiger partial charge >= 0.3 is 0 Å². The molecule has 0 radical (unpaired) electrons. The van der Waals surface area contributed by atoms with Crippen LogP contribution >= 0.6 is 0 Å². The Bertz CT molecular complexity index is 843. The van der Waals surface area contributed by atoms with Gasteiger partial charge in [0, 0.05) is 13.1 Å². The van der Waals surface area contributed by atoms with E-state index in [4.69, 9.17) is 0 Å². The Hall–Kier alpha value is -2.50.